The summed E-state index contributed by atoms with van der Waals surface area (Å²) < 4.78 is 37.9. The molecule has 5 heteroatoms. The molecular weight excluding hydrogens is 277 g/mol. The van der Waals surface area contributed by atoms with Gasteiger partial charge in [-0.3, -0.25) is 0 Å². The number of halogens is 4. The number of rotatable bonds is 2. The normalized spacial score (nSPS) is 11.6. The Morgan fingerprint density at radius 2 is 1.74 bits per heavy atom. The molecule has 0 aliphatic rings. The lowest BCUT2D eigenvalue weighted by molar-refractivity contribution is -0.137. The average Bonchev–Trinajstić information content (AvgIpc) is 2.37. The minimum atomic E-state index is -4.38. The number of hydrogen-bond donors (Lipinski definition) is 1. The van der Waals surface area contributed by atoms with Crippen molar-refractivity contribution in [1.29, 1.82) is 0 Å². The molecule has 0 amide bonds. The molecule has 2 aromatic carbocycles. The van der Waals surface area contributed by atoms with E-state index in [-0.39, 0.29) is 6.61 Å². The van der Waals surface area contributed by atoms with Crippen LogP contribution in [-0.2, 0) is 12.8 Å². The first-order chi connectivity index (χ1) is 8.90. The molecule has 0 radical (unpaired) electrons. The molecule has 0 bridgehead atoms. The maximum Gasteiger partial charge on any atom is 0.416 e. The molecule has 1 nitrogen and oxygen atoms in total. The van der Waals surface area contributed by atoms with Crippen molar-refractivity contribution in [2.75, 3.05) is 0 Å². The first-order valence-electron chi connectivity index (χ1n) is 5.48. The zero-order valence-corrected chi connectivity index (χ0v) is 10.5. The van der Waals surface area contributed by atoms with Crippen LogP contribution < -0.4 is 0 Å². The van der Waals surface area contributed by atoms with Gasteiger partial charge in [0.1, 0.15) is 0 Å². The molecule has 0 aromatic heterocycles. The second kappa shape index (κ2) is 5.23. The summed E-state index contributed by atoms with van der Waals surface area (Å²) >= 11 is 5.88. The van der Waals surface area contributed by atoms with Crippen LogP contribution in [0.1, 0.15) is 11.1 Å². The quantitative estimate of drug-likeness (QED) is 0.861. The van der Waals surface area contributed by atoms with Crippen molar-refractivity contribution in [2.24, 2.45) is 0 Å². The van der Waals surface area contributed by atoms with E-state index in [0.717, 1.165) is 12.1 Å². The van der Waals surface area contributed by atoms with Gasteiger partial charge in [0, 0.05) is 5.02 Å². The number of benzene rings is 2. The van der Waals surface area contributed by atoms with Gasteiger partial charge in [-0.25, -0.2) is 0 Å². The van der Waals surface area contributed by atoms with Crippen molar-refractivity contribution in [3.8, 4) is 11.1 Å². The van der Waals surface area contributed by atoms with E-state index in [1.165, 1.54) is 6.07 Å². The molecular formula is C14H10ClF3O. The van der Waals surface area contributed by atoms with Gasteiger partial charge in [-0.1, -0.05) is 23.7 Å². The van der Waals surface area contributed by atoms with Crippen LogP contribution in [0.4, 0.5) is 13.2 Å². The Kier molecular flexibility index (Phi) is 3.83. The van der Waals surface area contributed by atoms with Crippen LogP contribution in [-0.4, -0.2) is 5.11 Å². The van der Waals surface area contributed by atoms with Gasteiger partial charge in [-0.05, 0) is 47.0 Å². The summed E-state index contributed by atoms with van der Waals surface area (Å²) in [5.74, 6) is 0. The molecule has 2 rings (SSSR count). The minimum Gasteiger partial charge on any atom is -0.392 e. The number of aliphatic hydroxyl groups excluding tert-OH is 1. The van der Waals surface area contributed by atoms with Gasteiger partial charge in [-0.2, -0.15) is 13.2 Å². The van der Waals surface area contributed by atoms with Crippen LogP contribution in [0.25, 0.3) is 11.1 Å². The van der Waals surface area contributed by atoms with Crippen molar-refractivity contribution >= 4 is 11.6 Å². The van der Waals surface area contributed by atoms with Crippen LogP contribution >= 0.6 is 11.6 Å². The fourth-order valence-electron chi connectivity index (χ4n) is 1.78. The first kappa shape index (κ1) is 13.9. The zero-order valence-electron chi connectivity index (χ0n) is 9.71. The number of alkyl halides is 3. The molecule has 0 atom stereocenters. The highest BCUT2D eigenvalue weighted by atomic mass is 35.5. The molecule has 1 N–H and O–H groups in total. The monoisotopic (exact) mass is 286 g/mol. The molecule has 0 unspecified atom stereocenters. The predicted octanol–water partition coefficient (Wildman–Crippen LogP) is 4.52. The smallest absolute Gasteiger partial charge is 0.392 e. The lowest BCUT2D eigenvalue weighted by atomic mass is 10.0. The Morgan fingerprint density at radius 3 is 2.37 bits per heavy atom. The lowest BCUT2D eigenvalue weighted by Gasteiger charge is -2.10. The van der Waals surface area contributed by atoms with Crippen LogP contribution in [0.15, 0.2) is 42.5 Å². The first-order valence-corrected chi connectivity index (χ1v) is 5.86. The topological polar surface area (TPSA) is 20.2 Å². The third-order valence-corrected chi connectivity index (χ3v) is 2.88. The molecule has 19 heavy (non-hydrogen) atoms. The molecule has 0 aliphatic heterocycles. The summed E-state index contributed by atoms with van der Waals surface area (Å²) in [6.45, 7) is -0.216. The maximum absolute atomic E-state index is 12.6. The molecule has 100 valence electrons. The highest BCUT2D eigenvalue weighted by Crippen LogP contribution is 2.33. The van der Waals surface area contributed by atoms with Gasteiger partial charge in [-0.15, -0.1) is 0 Å². The van der Waals surface area contributed by atoms with Crippen LogP contribution in [0.3, 0.4) is 0 Å². The van der Waals surface area contributed by atoms with Gasteiger partial charge in [0.25, 0.3) is 0 Å². The van der Waals surface area contributed by atoms with E-state index in [1.807, 2.05) is 0 Å². The highest BCUT2D eigenvalue weighted by molar-refractivity contribution is 6.31. The second-order valence-electron chi connectivity index (χ2n) is 4.08. The van der Waals surface area contributed by atoms with E-state index < -0.39 is 11.7 Å². The summed E-state index contributed by atoms with van der Waals surface area (Å²) in [7, 11) is 0. The van der Waals surface area contributed by atoms with Crippen molar-refractivity contribution < 1.29 is 18.3 Å². The van der Waals surface area contributed by atoms with Crippen LogP contribution in [0, 0.1) is 0 Å². The summed E-state index contributed by atoms with van der Waals surface area (Å²) in [5.41, 5.74) is 0.796. The van der Waals surface area contributed by atoms with Crippen molar-refractivity contribution in [1.82, 2.24) is 0 Å². The van der Waals surface area contributed by atoms with Gasteiger partial charge in [0.2, 0.25) is 0 Å². The Labute approximate surface area is 113 Å². The molecule has 0 saturated heterocycles. The molecule has 0 spiro atoms. The maximum atomic E-state index is 12.6. The molecule has 0 aliphatic carbocycles. The van der Waals surface area contributed by atoms with Crippen molar-refractivity contribution in [2.45, 2.75) is 12.8 Å². The third-order valence-electron chi connectivity index (χ3n) is 2.66. The Bertz CT molecular complexity index is 593. The summed E-state index contributed by atoms with van der Waals surface area (Å²) in [6, 6.07) is 9.74. The zero-order chi connectivity index (χ0) is 14.0. The Morgan fingerprint density at radius 1 is 1.00 bits per heavy atom. The standard InChI is InChI=1S/C14H10ClF3O/c15-13-5-9(8-19)4-11(7-13)10-2-1-3-12(6-10)14(16,17)18/h1-7,19H,8H2. The number of hydrogen-bond acceptors (Lipinski definition) is 1. The summed E-state index contributed by atoms with van der Waals surface area (Å²) in [4.78, 5) is 0. The Balaban J connectivity index is 2.50. The number of aliphatic hydroxyl groups is 1. The third kappa shape index (κ3) is 3.28. The van der Waals surface area contributed by atoms with Crippen LogP contribution in [0.2, 0.25) is 5.02 Å². The molecule has 2 aromatic rings. The largest absolute Gasteiger partial charge is 0.416 e. The lowest BCUT2D eigenvalue weighted by Crippen LogP contribution is -2.04. The highest BCUT2D eigenvalue weighted by Gasteiger charge is 2.30. The van der Waals surface area contributed by atoms with E-state index in [9.17, 15) is 13.2 Å². The molecule has 0 heterocycles. The summed E-state index contributed by atoms with van der Waals surface area (Å²) in [5, 5.41) is 9.45. The van der Waals surface area contributed by atoms with Crippen molar-refractivity contribution in [3.63, 3.8) is 0 Å². The van der Waals surface area contributed by atoms with E-state index >= 15 is 0 Å². The van der Waals surface area contributed by atoms with Crippen LogP contribution in [0.5, 0.6) is 0 Å². The van der Waals surface area contributed by atoms with E-state index in [0.29, 0.717) is 21.7 Å². The molecule has 0 saturated carbocycles. The predicted molar refractivity (Wildman–Crippen MR) is 67.8 cm³/mol. The fraction of sp³-hybridized carbons (Fsp3) is 0.143. The molecule has 0 fully saturated rings. The van der Waals surface area contributed by atoms with Crippen molar-refractivity contribution in [3.05, 3.63) is 58.6 Å². The van der Waals surface area contributed by atoms with Gasteiger partial charge in [0.15, 0.2) is 0 Å². The van der Waals surface area contributed by atoms with E-state index in [2.05, 4.69) is 0 Å². The van der Waals surface area contributed by atoms with Gasteiger partial charge < -0.3 is 5.11 Å². The minimum absolute atomic E-state index is 0.216. The van der Waals surface area contributed by atoms with E-state index in [4.69, 9.17) is 16.7 Å². The van der Waals surface area contributed by atoms with Gasteiger partial charge in [0.05, 0.1) is 12.2 Å². The second-order valence-corrected chi connectivity index (χ2v) is 4.52. The van der Waals surface area contributed by atoms with Gasteiger partial charge >= 0.3 is 6.18 Å². The Hall–Kier alpha value is -1.52. The van der Waals surface area contributed by atoms with E-state index in [1.54, 1.807) is 24.3 Å². The SMILES string of the molecule is OCc1cc(Cl)cc(-c2cccc(C(F)(F)F)c2)c1. The summed E-state index contributed by atoms with van der Waals surface area (Å²) in [6.07, 6.45) is -4.38. The fourth-order valence-corrected chi connectivity index (χ4v) is 2.04. The average molecular weight is 287 g/mol.